The molecule has 30 heavy (non-hydrogen) atoms. The topological polar surface area (TPSA) is 93.2 Å². The predicted molar refractivity (Wildman–Crippen MR) is 117 cm³/mol. The Bertz CT molecular complexity index is 1010. The predicted octanol–water partition coefficient (Wildman–Crippen LogP) is 4.55. The lowest BCUT2D eigenvalue weighted by atomic mass is 10.2. The van der Waals surface area contributed by atoms with Crippen molar-refractivity contribution >= 4 is 40.4 Å². The molecule has 9 heteroatoms. The van der Waals surface area contributed by atoms with Crippen molar-refractivity contribution in [3.63, 3.8) is 0 Å². The van der Waals surface area contributed by atoms with Gasteiger partial charge in [-0.15, -0.1) is 10.2 Å². The molecule has 0 bridgehead atoms. The fraction of sp³-hybridized carbons (Fsp3) is 0.238. The average molecular weight is 445 g/mol. The van der Waals surface area contributed by atoms with Crippen LogP contribution in [0.5, 0.6) is 5.75 Å². The smallest absolute Gasteiger partial charge is 0.286 e. The van der Waals surface area contributed by atoms with Crippen LogP contribution in [0.15, 0.2) is 48.5 Å². The number of benzene rings is 2. The molecule has 0 fully saturated rings. The Morgan fingerprint density at radius 3 is 2.43 bits per heavy atom. The molecule has 0 saturated carbocycles. The van der Waals surface area contributed by atoms with Crippen LogP contribution in [0.2, 0.25) is 5.02 Å². The minimum absolute atomic E-state index is 0.114. The lowest BCUT2D eigenvalue weighted by Gasteiger charge is -2.11. The van der Waals surface area contributed by atoms with Crippen LogP contribution in [0.1, 0.15) is 45.4 Å². The monoisotopic (exact) mass is 444 g/mol. The van der Waals surface area contributed by atoms with E-state index >= 15 is 0 Å². The Morgan fingerprint density at radius 2 is 1.77 bits per heavy atom. The normalized spacial score (nSPS) is 11.6. The van der Waals surface area contributed by atoms with Crippen LogP contribution in [0.25, 0.3) is 0 Å². The van der Waals surface area contributed by atoms with Crippen LogP contribution in [0.4, 0.5) is 5.69 Å². The Labute approximate surface area is 183 Å². The van der Waals surface area contributed by atoms with Gasteiger partial charge in [0.2, 0.25) is 5.01 Å². The zero-order valence-electron chi connectivity index (χ0n) is 16.5. The third-order valence-corrected chi connectivity index (χ3v) is 5.38. The number of hydrogen-bond donors (Lipinski definition) is 2. The summed E-state index contributed by atoms with van der Waals surface area (Å²) in [5.74, 6) is 0.131. The maximum atomic E-state index is 12.3. The van der Waals surface area contributed by atoms with E-state index in [0.29, 0.717) is 27.0 Å². The van der Waals surface area contributed by atoms with Crippen molar-refractivity contribution in [3.05, 3.63) is 69.1 Å². The first-order chi connectivity index (χ1) is 14.4. The Kier molecular flexibility index (Phi) is 7.37. The molecule has 3 rings (SSSR count). The number of carbonyl (C=O) groups excluding carboxylic acids is 2. The van der Waals surface area contributed by atoms with Crippen LogP contribution >= 0.6 is 22.9 Å². The molecule has 7 nitrogen and oxygen atoms in total. The first-order valence-electron chi connectivity index (χ1n) is 9.37. The standard InChI is InChI=1S/C21H21ClN4O3S/c1-3-13(2)23-19(27)14-4-10-17(11-5-14)29-12-18-25-26-21(30-18)20(28)24-16-8-6-15(22)7-9-16/h4-11,13H,3,12H2,1-2H3,(H,23,27)(H,24,28)/t13-/m0/s1. The van der Waals surface area contributed by atoms with Gasteiger partial charge in [-0.25, -0.2) is 0 Å². The van der Waals surface area contributed by atoms with Gasteiger partial charge < -0.3 is 15.4 Å². The minimum Gasteiger partial charge on any atom is -0.486 e. The highest BCUT2D eigenvalue weighted by Gasteiger charge is 2.14. The van der Waals surface area contributed by atoms with Crippen LogP contribution in [0.3, 0.4) is 0 Å². The molecule has 1 heterocycles. The summed E-state index contributed by atoms with van der Waals surface area (Å²) in [7, 11) is 0. The van der Waals surface area contributed by atoms with Gasteiger partial charge in [0.25, 0.3) is 11.8 Å². The molecular weight excluding hydrogens is 424 g/mol. The summed E-state index contributed by atoms with van der Waals surface area (Å²) in [6, 6.07) is 13.8. The van der Waals surface area contributed by atoms with Crippen molar-refractivity contribution in [2.45, 2.75) is 32.9 Å². The van der Waals surface area contributed by atoms with Gasteiger partial charge >= 0.3 is 0 Å². The van der Waals surface area contributed by atoms with Crippen molar-refractivity contribution in [3.8, 4) is 5.75 Å². The molecule has 2 amide bonds. The fourth-order valence-electron chi connectivity index (χ4n) is 2.38. The van der Waals surface area contributed by atoms with Gasteiger partial charge in [-0.1, -0.05) is 29.9 Å². The summed E-state index contributed by atoms with van der Waals surface area (Å²) in [5, 5.41) is 15.0. The molecule has 2 N–H and O–H groups in total. The maximum absolute atomic E-state index is 12.3. The second kappa shape index (κ2) is 10.2. The molecule has 0 unspecified atom stereocenters. The van der Waals surface area contributed by atoms with Crippen molar-refractivity contribution in [1.29, 1.82) is 0 Å². The number of nitrogens with one attached hydrogen (secondary N) is 2. The minimum atomic E-state index is -0.349. The number of hydrogen-bond acceptors (Lipinski definition) is 6. The molecule has 0 spiro atoms. The number of nitrogens with zero attached hydrogens (tertiary/aromatic N) is 2. The highest BCUT2D eigenvalue weighted by atomic mass is 35.5. The largest absolute Gasteiger partial charge is 0.486 e. The number of carbonyl (C=O) groups is 2. The zero-order chi connectivity index (χ0) is 21.5. The van der Waals surface area contributed by atoms with Crippen molar-refractivity contribution in [1.82, 2.24) is 15.5 Å². The van der Waals surface area contributed by atoms with Crippen LogP contribution in [-0.4, -0.2) is 28.1 Å². The second-order valence-corrected chi connectivity index (χ2v) is 8.06. The third kappa shape index (κ3) is 6.01. The Balaban J connectivity index is 1.53. The Hall–Kier alpha value is -2.97. The van der Waals surface area contributed by atoms with E-state index in [0.717, 1.165) is 17.8 Å². The molecular formula is C21H21ClN4O3S. The summed E-state index contributed by atoms with van der Waals surface area (Å²) in [6.45, 7) is 4.15. The molecule has 1 aromatic heterocycles. The van der Waals surface area contributed by atoms with E-state index < -0.39 is 0 Å². The van der Waals surface area contributed by atoms with Gasteiger partial charge in [0, 0.05) is 22.3 Å². The molecule has 1 atom stereocenters. The lowest BCUT2D eigenvalue weighted by Crippen LogP contribution is -2.31. The molecule has 156 valence electrons. The van der Waals surface area contributed by atoms with Gasteiger partial charge in [-0.05, 0) is 61.9 Å². The number of ether oxygens (including phenoxy) is 1. The molecule has 3 aromatic rings. The lowest BCUT2D eigenvalue weighted by molar-refractivity contribution is 0.0938. The van der Waals surface area contributed by atoms with E-state index in [9.17, 15) is 9.59 Å². The van der Waals surface area contributed by atoms with Crippen molar-refractivity contribution in [2.24, 2.45) is 0 Å². The van der Waals surface area contributed by atoms with Crippen molar-refractivity contribution in [2.75, 3.05) is 5.32 Å². The van der Waals surface area contributed by atoms with Gasteiger partial charge in [-0.3, -0.25) is 9.59 Å². The molecule has 0 aliphatic heterocycles. The maximum Gasteiger partial charge on any atom is 0.286 e. The number of amides is 2. The average Bonchev–Trinajstić information content (AvgIpc) is 3.23. The quantitative estimate of drug-likeness (QED) is 0.531. The van der Waals surface area contributed by atoms with Crippen LogP contribution < -0.4 is 15.4 Å². The summed E-state index contributed by atoms with van der Waals surface area (Å²) in [5.41, 5.74) is 1.19. The highest BCUT2D eigenvalue weighted by Crippen LogP contribution is 2.18. The SMILES string of the molecule is CC[C@H](C)NC(=O)c1ccc(OCc2nnc(C(=O)Nc3ccc(Cl)cc3)s2)cc1. The number of anilines is 1. The van der Waals surface area contributed by atoms with Gasteiger partial charge in [-0.2, -0.15) is 0 Å². The van der Waals surface area contributed by atoms with E-state index in [1.165, 1.54) is 0 Å². The zero-order valence-corrected chi connectivity index (χ0v) is 18.1. The van der Waals surface area contributed by atoms with E-state index in [2.05, 4.69) is 20.8 Å². The van der Waals surface area contributed by atoms with Gasteiger partial charge in [0.15, 0.2) is 5.01 Å². The fourth-order valence-corrected chi connectivity index (χ4v) is 3.15. The first-order valence-corrected chi connectivity index (χ1v) is 10.6. The van der Waals surface area contributed by atoms with Crippen molar-refractivity contribution < 1.29 is 14.3 Å². The summed E-state index contributed by atoms with van der Waals surface area (Å²) < 4.78 is 5.68. The summed E-state index contributed by atoms with van der Waals surface area (Å²) in [6.07, 6.45) is 0.870. The molecule has 0 saturated heterocycles. The second-order valence-electron chi connectivity index (χ2n) is 6.56. The molecule has 0 radical (unpaired) electrons. The summed E-state index contributed by atoms with van der Waals surface area (Å²) in [4.78, 5) is 24.4. The van der Waals surface area contributed by atoms with E-state index in [4.69, 9.17) is 16.3 Å². The number of halogens is 1. The molecule has 2 aromatic carbocycles. The first kappa shape index (κ1) is 21.7. The third-order valence-electron chi connectivity index (χ3n) is 4.23. The van der Waals surface area contributed by atoms with Gasteiger partial charge in [0.05, 0.1) is 0 Å². The molecule has 0 aliphatic rings. The van der Waals surface area contributed by atoms with Crippen LogP contribution in [0, 0.1) is 0 Å². The van der Waals surface area contributed by atoms with Crippen LogP contribution in [-0.2, 0) is 6.61 Å². The summed E-state index contributed by atoms with van der Waals surface area (Å²) >= 11 is 6.99. The number of rotatable bonds is 8. The number of aromatic nitrogens is 2. The highest BCUT2D eigenvalue weighted by molar-refractivity contribution is 7.13. The van der Waals surface area contributed by atoms with Gasteiger partial charge in [0.1, 0.15) is 12.4 Å². The van der Waals surface area contributed by atoms with E-state index in [1.54, 1.807) is 48.5 Å². The molecule has 0 aliphatic carbocycles. The van der Waals surface area contributed by atoms with E-state index in [-0.39, 0.29) is 29.5 Å². The van der Waals surface area contributed by atoms with E-state index in [1.807, 2.05) is 13.8 Å². The Morgan fingerprint density at radius 1 is 1.07 bits per heavy atom.